The van der Waals surface area contributed by atoms with E-state index >= 15 is 0 Å². The van der Waals surface area contributed by atoms with Crippen LogP contribution in [0.15, 0.2) is 36.5 Å². The average molecular weight is 301 g/mol. The molecular formula is C16H19N3O3. The minimum atomic E-state index is -0.253. The van der Waals surface area contributed by atoms with Crippen molar-refractivity contribution < 1.29 is 14.3 Å². The maximum absolute atomic E-state index is 12.3. The molecule has 0 radical (unpaired) electrons. The number of methoxy groups -OCH3 is 2. The van der Waals surface area contributed by atoms with E-state index in [-0.39, 0.29) is 5.91 Å². The summed E-state index contributed by atoms with van der Waals surface area (Å²) in [5.41, 5.74) is 1.07. The highest BCUT2D eigenvalue weighted by Gasteiger charge is 2.10. The molecule has 2 aromatic rings. The zero-order valence-corrected chi connectivity index (χ0v) is 13.1. The van der Waals surface area contributed by atoms with Crippen LogP contribution < -0.4 is 19.7 Å². The van der Waals surface area contributed by atoms with Gasteiger partial charge in [-0.2, -0.15) is 0 Å². The van der Waals surface area contributed by atoms with Gasteiger partial charge >= 0.3 is 0 Å². The van der Waals surface area contributed by atoms with E-state index in [9.17, 15) is 4.79 Å². The number of pyridine rings is 1. The topological polar surface area (TPSA) is 63.7 Å². The van der Waals surface area contributed by atoms with Crippen LogP contribution in [-0.4, -0.2) is 39.2 Å². The van der Waals surface area contributed by atoms with E-state index in [4.69, 9.17) is 9.47 Å². The van der Waals surface area contributed by atoms with Gasteiger partial charge in [0.25, 0.3) is 5.91 Å². The summed E-state index contributed by atoms with van der Waals surface area (Å²) >= 11 is 0. The summed E-state index contributed by atoms with van der Waals surface area (Å²) in [6.45, 7) is 0. The van der Waals surface area contributed by atoms with Gasteiger partial charge in [0.2, 0.25) is 0 Å². The molecule has 0 saturated heterocycles. The van der Waals surface area contributed by atoms with Gasteiger partial charge in [0.1, 0.15) is 17.3 Å². The molecule has 0 aliphatic heterocycles. The summed E-state index contributed by atoms with van der Waals surface area (Å²) in [7, 11) is 6.90. The molecule has 116 valence electrons. The van der Waals surface area contributed by atoms with E-state index in [2.05, 4.69) is 10.3 Å². The quantitative estimate of drug-likeness (QED) is 0.919. The van der Waals surface area contributed by atoms with Crippen LogP contribution in [0.1, 0.15) is 10.4 Å². The molecule has 6 heteroatoms. The van der Waals surface area contributed by atoms with Gasteiger partial charge in [-0.05, 0) is 24.3 Å². The van der Waals surface area contributed by atoms with Gasteiger partial charge in [0, 0.05) is 25.7 Å². The Morgan fingerprint density at radius 2 is 1.73 bits per heavy atom. The van der Waals surface area contributed by atoms with Gasteiger partial charge in [0.05, 0.1) is 26.1 Å². The highest BCUT2D eigenvalue weighted by Crippen LogP contribution is 2.23. The molecule has 22 heavy (non-hydrogen) atoms. The number of aromatic nitrogens is 1. The van der Waals surface area contributed by atoms with Crippen LogP contribution in [0.4, 0.5) is 11.5 Å². The van der Waals surface area contributed by atoms with Crippen LogP contribution >= 0.6 is 0 Å². The minimum absolute atomic E-state index is 0.253. The lowest BCUT2D eigenvalue weighted by molar-refractivity contribution is 0.102. The first-order valence-corrected chi connectivity index (χ1v) is 6.71. The fourth-order valence-electron chi connectivity index (χ4n) is 1.87. The Morgan fingerprint density at radius 1 is 1.09 bits per heavy atom. The number of hydrogen-bond donors (Lipinski definition) is 1. The van der Waals surface area contributed by atoms with Crippen LogP contribution in [0, 0.1) is 0 Å². The number of amides is 1. The Kier molecular flexibility index (Phi) is 4.83. The Morgan fingerprint density at radius 3 is 2.18 bits per heavy atom. The highest BCUT2D eigenvalue weighted by molar-refractivity contribution is 6.04. The molecule has 0 aliphatic carbocycles. The molecule has 0 unspecified atom stereocenters. The van der Waals surface area contributed by atoms with Crippen molar-refractivity contribution in [1.82, 2.24) is 4.98 Å². The van der Waals surface area contributed by atoms with E-state index in [1.54, 1.807) is 44.7 Å². The number of ether oxygens (including phenoxy) is 2. The van der Waals surface area contributed by atoms with E-state index in [0.29, 0.717) is 22.7 Å². The first-order valence-electron chi connectivity index (χ1n) is 6.71. The third-order valence-corrected chi connectivity index (χ3v) is 3.08. The largest absolute Gasteiger partial charge is 0.497 e. The molecule has 0 fully saturated rings. The predicted octanol–water partition coefficient (Wildman–Crippen LogP) is 2.42. The lowest BCUT2D eigenvalue weighted by Gasteiger charge is -2.12. The predicted molar refractivity (Wildman–Crippen MR) is 86.1 cm³/mol. The Bertz CT molecular complexity index is 632. The molecule has 0 atom stereocenters. The normalized spacial score (nSPS) is 10.0. The number of anilines is 2. The average Bonchev–Trinajstić information content (AvgIpc) is 2.54. The molecule has 1 heterocycles. The van der Waals surface area contributed by atoms with Crippen LogP contribution in [0.2, 0.25) is 0 Å². The molecule has 1 aromatic heterocycles. The van der Waals surface area contributed by atoms with Gasteiger partial charge in [-0.1, -0.05) is 0 Å². The highest BCUT2D eigenvalue weighted by atomic mass is 16.5. The van der Waals surface area contributed by atoms with Crippen molar-refractivity contribution in [3.8, 4) is 11.5 Å². The molecule has 0 aliphatic rings. The van der Waals surface area contributed by atoms with Gasteiger partial charge < -0.3 is 19.7 Å². The third-order valence-electron chi connectivity index (χ3n) is 3.08. The second kappa shape index (κ2) is 6.80. The van der Waals surface area contributed by atoms with E-state index in [1.165, 1.54) is 0 Å². The number of hydrogen-bond acceptors (Lipinski definition) is 5. The van der Waals surface area contributed by atoms with Gasteiger partial charge in [0.15, 0.2) is 0 Å². The maximum Gasteiger partial charge on any atom is 0.255 e. The van der Waals surface area contributed by atoms with Crippen LogP contribution in [0.3, 0.4) is 0 Å². The van der Waals surface area contributed by atoms with Crippen molar-refractivity contribution in [2.75, 3.05) is 38.5 Å². The van der Waals surface area contributed by atoms with E-state index < -0.39 is 0 Å². The standard InChI is InChI=1S/C16H19N3O3/c1-19(2)15-6-5-12(10-17-15)18-16(20)11-7-13(21-3)9-14(8-11)22-4/h5-10H,1-4H3,(H,18,20). The Labute approximate surface area is 129 Å². The van der Waals surface area contributed by atoms with Crippen molar-refractivity contribution >= 4 is 17.4 Å². The summed E-state index contributed by atoms with van der Waals surface area (Å²) < 4.78 is 10.3. The molecular weight excluding hydrogens is 282 g/mol. The monoisotopic (exact) mass is 301 g/mol. The second-order valence-corrected chi connectivity index (χ2v) is 4.85. The molecule has 6 nitrogen and oxygen atoms in total. The fraction of sp³-hybridized carbons (Fsp3) is 0.250. The van der Waals surface area contributed by atoms with Crippen molar-refractivity contribution in [2.45, 2.75) is 0 Å². The first kappa shape index (κ1) is 15.6. The third kappa shape index (κ3) is 3.66. The number of nitrogens with zero attached hydrogens (tertiary/aromatic N) is 2. The summed E-state index contributed by atoms with van der Waals surface area (Å²) in [6.07, 6.45) is 1.62. The number of carbonyl (C=O) groups is 1. The van der Waals surface area contributed by atoms with Crippen LogP contribution in [0.5, 0.6) is 11.5 Å². The number of nitrogens with one attached hydrogen (secondary N) is 1. The lowest BCUT2D eigenvalue weighted by atomic mass is 10.2. The molecule has 0 bridgehead atoms. The zero-order chi connectivity index (χ0) is 16.1. The molecule has 1 N–H and O–H groups in total. The minimum Gasteiger partial charge on any atom is -0.497 e. The molecule has 2 rings (SSSR count). The number of rotatable bonds is 5. The van der Waals surface area contributed by atoms with Crippen LogP contribution in [-0.2, 0) is 0 Å². The summed E-state index contributed by atoms with van der Waals surface area (Å²) in [4.78, 5) is 18.5. The SMILES string of the molecule is COc1cc(OC)cc(C(=O)Nc2ccc(N(C)C)nc2)c1. The molecule has 0 saturated carbocycles. The van der Waals surface area contributed by atoms with Crippen molar-refractivity contribution in [1.29, 1.82) is 0 Å². The first-order chi connectivity index (χ1) is 10.5. The second-order valence-electron chi connectivity index (χ2n) is 4.85. The van der Waals surface area contributed by atoms with Crippen molar-refractivity contribution in [3.05, 3.63) is 42.1 Å². The lowest BCUT2D eigenvalue weighted by Crippen LogP contribution is -2.14. The summed E-state index contributed by atoms with van der Waals surface area (Å²) in [5, 5.41) is 2.80. The van der Waals surface area contributed by atoms with Crippen molar-refractivity contribution in [2.24, 2.45) is 0 Å². The molecule has 1 aromatic carbocycles. The Hall–Kier alpha value is -2.76. The Balaban J connectivity index is 2.18. The number of carbonyl (C=O) groups excluding carboxylic acids is 1. The van der Waals surface area contributed by atoms with Gasteiger partial charge in [-0.3, -0.25) is 4.79 Å². The smallest absolute Gasteiger partial charge is 0.255 e. The van der Waals surface area contributed by atoms with E-state index in [0.717, 1.165) is 5.82 Å². The van der Waals surface area contributed by atoms with Crippen molar-refractivity contribution in [3.63, 3.8) is 0 Å². The van der Waals surface area contributed by atoms with Gasteiger partial charge in [-0.15, -0.1) is 0 Å². The molecule has 0 spiro atoms. The summed E-state index contributed by atoms with van der Waals surface area (Å²) in [5.74, 6) is 1.69. The zero-order valence-electron chi connectivity index (χ0n) is 13.1. The molecule has 1 amide bonds. The van der Waals surface area contributed by atoms with Crippen LogP contribution in [0.25, 0.3) is 0 Å². The summed E-state index contributed by atoms with van der Waals surface area (Å²) in [6, 6.07) is 8.66. The van der Waals surface area contributed by atoms with Gasteiger partial charge in [-0.25, -0.2) is 4.98 Å². The number of benzene rings is 1. The fourth-order valence-corrected chi connectivity index (χ4v) is 1.87. The van der Waals surface area contributed by atoms with E-state index in [1.807, 2.05) is 25.1 Å². The maximum atomic E-state index is 12.3.